The van der Waals surface area contributed by atoms with E-state index >= 15 is 0 Å². The number of hydrogen-bond donors (Lipinski definition) is 3. The van der Waals surface area contributed by atoms with Crippen molar-refractivity contribution >= 4 is 50.4 Å². The van der Waals surface area contributed by atoms with Gasteiger partial charge in [-0.15, -0.1) is 22.7 Å². The number of hydrogen-bond acceptors (Lipinski definition) is 7. The topological polar surface area (TPSA) is 110 Å². The van der Waals surface area contributed by atoms with Gasteiger partial charge in [-0.1, -0.05) is 17.7 Å². The maximum atomic E-state index is 12.3. The minimum atomic E-state index is -0.463. The molecule has 0 fully saturated rings. The van der Waals surface area contributed by atoms with E-state index in [1.54, 1.807) is 10.8 Å². The lowest BCUT2D eigenvalue weighted by molar-refractivity contribution is -0.117. The molecule has 2 heterocycles. The zero-order chi connectivity index (χ0) is 18.7. The zero-order valence-electron chi connectivity index (χ0n) is 14.2. The van der Waals surface area contributed by atoms with Crippen LogP contribution in [0.3, 0.4) is 0 Å². The van der Waals surface area contributed by atoms with E-state index in [4.69, 9.17) is 5.73 Å². The number of rotatable bonds is 6. The van der Waals surface area contributed by atoms with Crippen LogP contribution in [0.1, 0.15) is 27.3 Å². The van der Waals surface area contributed by atoms with Crippen LogP contribution in [0.4, 0.5) is 16.0 Å². The number of anilines is 3. The second-order valence-electron chi connectivity index (χ2n) is 5.72. The van der Waals surface area contributed by atoms with E-state index in [-0.39, 0.29) is 12.3 Å². The molecule has 1 aromatic carbocycles. The van der Waals surface area contributed by atoms with Crippen molar-refractivity contribution in [3.05, 3.63) is 51.5 Å². The SMILES string of the molecule is Cc1ccc(Nc2nc(C(=O)Nc3nc(CC(N)=O)cs3)cs2)c(C)c1. The van der Waals surface area contributed by atoms with Crippen LogP contribution in [-0.2, 0) is 11.2 Å². The summed E-state index contributed by atoms with van der Waals surface area (Å²) >= 11 is 2.58. The number of aromatic nitrogens is 2. The Hall–Kier alpha value is -2.78. The Kier molecular flexibility index (Phi) is 5.29. The van der Waals surface area contributed by atoms with Crippen LogP contribution in [0.15, 0.2) is 29.0 Å². The summed E-state index contributed by atoms with van der Waals surface area (Å²) in [7, 11) is 0. The number of thiazole rings is 2. The number of primary amides is 1. The number of nitrogens with two attached hydrogens (primary N) is 1. The number of aryl methyl sites for hydroxylation is 2. The molecule has 2 aromatic heterocycles. The molecular weight excluding hydrogens is 370 g/mol. The first-order valence-electron chi connectivity index (χ1n) is 7.74. The van der Waals surface area contributed by atoms with Crippen molar-refractivity contribution in [2.75, 3.05) is 10.6 Å². The van der Waals surface area contributed by atoms with Crippen LogP contribution >= 0.6 is 22.7 Å². The lowest BCUT2D eigenvalue weighted by Crippen LogP contribution is -2.14. The highest BCUT2D eigenvalue weighted by Gasteiger charge is 2.14. The van der Waals surface area contributed by atoms with Gasteiger partial charge in [0, 0.05) is 16.4 Å². The molecule has 26 heavy (non-hydrogen) atoms. The zero-order valence-corrected chi connectivity index (χ0v) is 15.8. The fourth-order valence-corrected chi connectivity index (χ4v) is 3.70. The van der Waals surface area contributed by atoms with E-state index < -0.39 is 5.91 Å². The van der Waals surface area contributed by atoms with Gasteiger partial charge in [0.15, 0.2) is 10.3 Å². The lowest BCUT2D eigenvalue weighted by Gasteiger charge is -2.07. The second kappa shape index (κ2) is 7.63. The minimum absolute atomic E-state index is 0.0487. The summed E-state index contributed by atoms with van der Waals surface area (Å²) < 4.78 is 0. The molecule has 4 N–H and O–H groups in total. The highest BCUT2D eigenvalue weighted by molar-refractivity contribution is 7.14. The normalized spacial score (nSPS) is 10.5. The molecule has 9 heteroatoms. The van der Waals surface area contributed by atoms with Crippen LogP contribution in [0.5, 0.6) is 0 Å². The van der Waals surface area contributed by atoms with Gasteiger partial charge < -0.3 is 11.1 Å². The molecule has 0 saturated carbocycles. The summed E-state index contributed by atoms with van der Waals surface area (Å²) in [6, 6.07) is 6.08. The predicted molar refractivity (Wildman–Crippen MR) is 104 cm³/mol. The summed E-state index contributed by atoms with van der Waals surface area (Å²) in [6.45, 7) is 4.05. The number of carbonyl (C=O) groups is 2. The van der Waals surface area contributed by atoms with Crippen molar-refractivity contribution in [3.63, 3.8) is 0 Å². The molecule has 3 aromatic rings. The van der Waals surface area contributed by atoms with E-state index in [9.17, 15) is 9.59 Å². The van der Waals surface area contributed by atoms with Crippen LogP contribution in [0.2, 0.25) is 0 Å². The molecule has 134 valence electrons. The maximum absolute atomic E-state index is 12.3. The smallest absolute Gasteiger partial charge is 0.276 e. The minimum Gasteiger partial charge on any atom is -0.369 e. The van der Waals surface area contributed by atoms with Crippen molar-refractivity contribution in [3.8, 4) is 0 Å². The molecule has 0 aliphatic rings. The van der Waals surface area contributed by atoms with Crippen molar-refractivity contribution in [1.82, 2.24) is 9.97 Å². The molecule has 0 aliphatic heterocycles. The molecule has 0 saturated heterocycles. The molecule has 3 rings (SSSR count). The van der Waals surface area contributed by atoms with Crippen molar-refractivity contribution in [2.24, 2.45) is 5.73 Å². The molecule has 0 unspecified atom stereocenters. The monoisotopic (exact) mass is 387 g/mol. The van der Waals surface area contributed by atoms with Crippen LogP contribution in [0.25, 0.3) is 0 Å². The molecule has 0 atom stereocenters. The third-order valence-electron chi connectivity index (χ3n) is 3.49. The third-order valence-corrected chi connectivity index (χ3v) is 5.05. The Morgan fingerprint density at radius 1 is 1.12 bits per heavy atom. The van der Waals surface area contributed by atoms with Gasteiger partial charge in [-0.2, -0.15) is 0 Å². The van der Waals surface area contributed by atoms with E-state index in [0.29, 0.717) is 21.7 Å². The molecule has 7 nitrogen and oxygen atoms in total. The Labute approximate surface area is 158 Å². The lowest BCUT2D eigenvalue weighted by atomic mass is 10.1. The quantitative estimate of drug-likeness (QED) is 0.601. The molecular formula is C17H17N5O2S2. The van der Waals surface area contributed by atoms with E-state index in [1.807, 2.05) is 26.0 Å². The summed E-state index contributed by atoms with van der Waals surface area (Å²) in [5, 5.41) is 10.3. The van der Waals surface area contributed by atoms with Crippen LogP contribution in [-0.4, -0.2) is 21.8 Å². The Morgan fingerprint density at radius 2 is 1.88 bits per heavy atom. The first-order valence-corrected chi connectivity index (χ1v) is 9.50. The fourth-order valence-electron chi connectivity index (χ4n) is 2.29. The second-order valence-corrected chi connectivity index (χ2v) is 7.44. The predicted octanol–water partition coefficient (Wildman–Crippen LogP) is 3.24. The maximum Gasteiger partial charge on any atom is 0.276 e. The third kappa shape index (κ3) is 4.44. The van der Waals surface area contributed by atoms with Crippen LogP contribution in [0, 0.1) is 13.8 Å². The van der Waals surface area contributed by atoms with Gasteiger partial charge in [0.05, 0.1) is 12.1 Å². The van der Waals surface area contributed by atoms with E-state index in [0.717, 1.165) is 11.3 Å². The van der Waals surface area contributed by atoms with Gasteiger partial charge in [0.25, 0.3) is 5.91 Å². The highest BCUT2D eigenvalue weighted by atomic mass is 32.1. The molecule has 0 radical (unpaired) electrons. The number of nitrogens with zero attached hydrogens (tertiary/aromatic N) is 2. The van der Waals surface area contributed by atoms with Gasteiger partial charge in [-0.25, -0.2) is 9.97 Å². The summed E-state index contributed by atoms with van der Waals surface area (Å²) in [6.07, 6.45) is 0.0487. The van der Waals surface area contributed by atoms with Crippen LogP contribution < -0.4 is 16.4 Å². The highest BCUT2D eigenvalue weighted by Crippen LogP contribution is 2.25. The summed E-state index contributed by atoms with van der Waals surface area (Å²) in [4.78, 5) is 31.7. The molecule has 0 spiro atoms. The average molecular weight is 387 g/mol. The number of amides is 2. The standard InChI is InChI=1S/C17H17N5O2S2/c1-9-3-4-12(10(2)5-9)20-17-21-13(8-26-17)15(24)22-16-19-11(7-25-16)6-14(18)23/h3-5,7-8H,6H2,1-2H3,(H2,18,23)(H,20,21)(H,19,22,24). The van der Waals surface area contributed by atoms with Gasteiger partial charge in [-0.3, -0.25) is 14.9 Å². The van der Waals surface area contributed by atoms with Gasteiger partial charge in [0.1, 0.15) is 5.69 Å². The van der Waals surface area contributed by atoms with Crippen molar-refractivity contribution in [2.45, 2.75) is 20.3 Å². The van der Waals surface area contributed by atoms with Gasteiger partial charge >= 0.3 is 0 Å². The first-order chi connectivity index (χ1) is 12.4. The molecule has 0 bridgehead atoms. The molecule has 0 aliphatic carbocycles. The number of carbonyl (C=O) groups excluding carboxylic acids is 2. The summed E-state index contributed by atoms with van der Waals surface area (Å²) in [5.41, 5.74) is 9.21. The van der Waals surface area contributed by atoms with Crippen molar-refractivity contribution in [1.29, 1.82) is 0 Å². The Balaban J connectivity index is 1.66. The molecule has 2 amide bonds. The van der Waals surface area contributed by atoms with E-state index in [2.05, 4.69) is 26.7 Å². The van der Waals surface area contributed by atoms with Gasteiger partial charge in [-0.05, 0) is 25.5 Å². The first kappa shape index (κ1) is 18.0. The number of nitrogens with one attached hydrogen (secondary N) is 2. The van der Waals surface area contributed by atoms with Gasteiger partial charge in [0.2, 0.25) is 5.91 Å². The Bertz CT molecular complexity index is 964. The fraction of sp³-hybridized carbons (Fsp3) is 0.176. The Morgan fingerprint density at radius 3 is 2.62 bits per heavy atom. The van der Waals surface area contributed by atoms with Crippen molar-refractivity contribution < 1.29 is 9.59 Å². The summed E-state index contributed by atoms with van der Waals surface area (Å²) in [5.74, 6) is -0.815. The number of benzene rings is 1. The largest absolute Gasteiger partial charge is 0.369 e. The van der Waals surface area contributed by atoms with E-state index in [1.165, 1.54) is 28.2 Å². The average Bonchev–Trinajstić information content (AvgIpc) is 3.19.